The average Bonchev–Trinajstić information content (AvgIpc) is 2.13. The highest BCUT2D eigenvalue weighted by molar-refractivity contribution is 5.07. The number of aryl methyl sites for hydroxylation is 1. The Kier molecular flexibility index (Phi) is 3.85. The van der Waals surface area contributed by atoms with Crippen molar-refractivity contribution in [2.24, 2.45) is 5.73 Å². The number of hydrogen-bond acceptors (Lipinski definition) is 3. The van der Waals surface area contributed by atoms with Crippen molar-refractivity contribution in [3.05, 3.63) is 34.2 Å². The van der Waals surface area contributed by atoms with E-state index in [9.17, 15) is 4.79 Å². The molecule has 78 valence electrons. The van der Waals surface area contributed by atoms with Gasteiger partial charge in [0, 0.05) is 31.5 Å². The lowest BCUT2D eigenvalue weighted by Gasteiger charge is -2.12. The van der Waals surface area contributed by atoms with Gasteiger partial charge in [-0.1, -0.05) is 6.07 Å². The van der Waals surface area contributed by atoms with Crippen LogP contribution in [0, 0.1) is 6.92 Å². The molecule has 0 aliphatic heterocycles. The zero-order chi connectivity index (χ0) is 10.6. The maximum absolute atomic E-state index is 11.6. The Labute approximate surface area is 83.3 Å². The second kappa shape index (κ2) is 4.93. The first kappa shape index (κ1) is 10.9. The molecular weight excluding hydrogens is 180 g/mol. The summed E-state index contributed by atoms with van der Waals surface area (Å²) in [5, 5.41) is 0. The molecule has 0 bridgehead atoms. The molecule has 1 aromatic rings. The zero-order valence-corrected chi connectivity index (χ0v) is 8.56. The van der Waals surface area contributed by atoms with Crippen LogP contribution in [0.1, 0.15) is 5.56 Å². The summed E-state index contributed by atoms with van der Waals surface area (Å²) in [6, 6.07) is 3.50. The summed E-state index contributed by atoms with van der Waals surface area (Å²) < 4.78 is 6.52. The minimum Gasteiger partial charge on any atom is -0.383 e. The van der Waals surface area contributed by atoms with Crippen LogP contribution in [0.25, 0.3) is 0 Å². The fourth-order valence-electron chi connectivity index (χ4n) is 1.32. The van der Waals surface area contributed by atoms with Gasteiger partial charge in [0.1, 0.15) is 0 Å². The van der Waals surface area contributed by atoms with Crippen LogP contribution < -0.4 is 11.3 Å². The molecule has 0 aliphatic rings. The topological polar surface area (TPSA) is 57.2 Å². The number of rotatable bonds is 4. The third-order valence-electron chi connectivity index (χ3n) is 2.02. The molecule has 0 aliphatic carbocycles. The van der Waals surface area contributed by atoms with Gasteiger partial charge in [-0.25, -0.2) is 0 Å². The van der Waals surface area contributed by atoms with Gasteiger partial charge in [0.2, 0.25) is 0 Å². The van der Waals surface area contributed by atoms with E-state index in [-0.39, 0.29) is 11.6 Å². The van der Waals surface area contributed by atoms with Crippen molar-refractivity contribution in [2.45, 2.75) is 19.5 Å². The van der Waals surface area contributed by atoms with Crippen molar-refractivity contribution in [3.63, 3.8) is 0 Å². The summed E-state index contributed by atoms with van der Waals surface area (Å²) in [5.41, 5.74) is 6.50. The lowest BCUT2D eigenvalue weighted by molar-refractivity contribution is 0.173. The Morgan fingerprint density at radius 1 is 1.64 bits per heavy atom. The lowest BCUT2D eigenvalue weighted by atomic mass is 10.3. The van der Waals surface area contributed by atoms with Gasteiger partial charge in [-0.2, -0.15) is 0 Å². The zero-order valence-electron chi connectivity index (χ0n) is 8.56. The van der Waals surface area contributed by atoms with Crippen LogP contribution in [0.3, 0.4) is 0 Å². The van der Waals surface area contributed by atoms with Crippen LogP contribution in [0.2, 0.25) is 0 Å². The van der Waals surface area contributed by atoms with E-state index in [0.717, 1.165) is 5.56 Å². The molecule has 0 radical (unpaired) electrons. The van der Waals surface area contributed by atoms with E-state index < -0.39 is 0 Å². The monoisotopic (exact) mass is 196 g/mol. The Morgan fingerprint density at radius 2 is 2.36 bits per heavy atom. The predicted octanol–water partition coefficient (Wildman–Crippen LogP) is 0.130. The van der Waals surface area contributed by atoms with Crippen molar-refractivity contribution in [2.75, 3.05) is 13.7 Å². The second-order valence-electron chi connectivity index (χ2n) is 3.36. The van der Waals surface area contributed by atoms with E-state index in [1.165, 1.54) is 0 Å². The number of ether oxygens (including phenoxy) is 1. The highest BCUT2D eigenvalue weighted by atomic mass is 16.5. The molecule has 0 saturated carbocycles. The average molecular weight is 196 g/mol. The number of pyridine rings is 1. The summed E-state index contributed by atoms with van der Waals surface area (Å²) in [7, 11) is 1.60. The van der Waals surface area contributed by atoms with Gasteiger partial charge in [-0.05, 0) is 13.0 Å². The largest absolute Gasteiger partial charge is 0.383 e. The van der Waals surface area contributed by atoms with Gasteiger partial charge >= 0.3 is 0 Å². The van der Waals surface area contributed by atoms with Gasteiger partial charge < -0.3 is 15.0 Å². The van der Waals surface area contributed by atoms with E-state index in [1.54, 1.807) is 30.9 Å². The van der Waals surface area contributed by atoms with E-state index >= 15 is 0 Å². The molecule has 4 heteroatoms. The van der Waals surface area contributed by atoms with Crippen molar-refractivity contribution >= 4 is 0 Å². The van der Waals surface area contributed by atoms with Crippen molar-refractivity contribution in [3.8, 4) is 0 Å². The van der Waals surface area contributed by atoms with E-state index in [1.807, 2.05) is 6.07 Å². The van der Waals surface area contributed by atoms with Gasteiger partial charge in [-0.15, -0.1) is 0 Å². The number of nitrogens with zero attached hydrogens (tertiary/aromatic N) is 1. The van der Waals surface area contributed by atoms with Gasteiger partial charge in [0.25, 0.3) is 5.56 Å². The second-order valence-corrected chi connectivity index (χ2v) is 3.36. The fraction of sp³-hybridized carbons (Fsp3) is 0.500. The number of aromatic nitrogens is 1. The van der Waals surface area contributed by atoms with Crippen LogP contribution in [0.4, 0.5) is 0 Å². The molecule has 2 N–H and O–H groups in total. The van der Waals surface area contributed by atoms with E-state index in [4.69, 9.17) is 10.5 Å². The van der Waals surface area contributed by atoms with Crippen LogP contribution >= 0.6 is 0 Å². The maximum atomic E-state index is 11.6. The third kappa shape index (κ3) is 2.68. The molecule has 0 aromatic carbocycles. The highest BCUT2D eigenvalue weighted by Crippen LogP contribution is 1.91. The summed E-state index contributed by atoms with van der Waals surface area (Å²) in [5.74, 6) is 0. The Bertz CT molecular complexity index is 346. The third-order valence-corrected chi connectivity index (χ3v) is 2.02. The summed E-state index contributed by atoms with van der Waals surface area (Å²) in [6.45, 7) is 2.75. The quantitative estimate of drug-likeness (QED) is 0.744. The predicted molar refractivity (Wildman–Crippen MR) is 55.3 cm³/mol. The summed E-state index contributed by atoms with van der Waals surface area (Å²) in [6.07, 6.45) is 1.74. The molecule has 0 amide bonds. The van der Waals surface area contributed by atoms with Crippen molar-refractivity contribution < 1.29 is 4.74 Å². The smallest absolute Gasteiger partial charge is 0.253 e. The van der Waals surface area contributed by atoms with Crippen LogP contribution in [-0.4, -0.2) is 24.3 Å². The molecule has 0 spiro atoms. The molecule has 0 saturated heterocycles. The maximum Gasteiger partial charge on any atom is 0.253 e. The van der Waals surface area contributed by atoms with Crippen molar-refractivity contribution in [1.29, 1.82) is 0 Å². The first-order valence-electron chi connectivity index (χ1n) is 4.55. The van der Waals surface area contributed by atoms with Crippen LogP contribution in [-0.2, 0) is 11.3 Å². The van der Waals surface area contributed by atoms with Gasteiger partial charge in [0.05, 0.1) is 6.61 Å². The normalized spacial score (nSPS) is 12.8. The number of hydrogen-bond donors (Lipinski definition) is 1. The number of nitrogens with two attached hydrogens (primary N) is 1. The molecular formula is C10H16N2O2. The van der Waals surface area contributed by atoms with Crippen LogP contribution in [0.15, 0.2) is 23.1 Å². The highest BCUT2D eigenvalue weighted by Gasteiger charge is 2.04. The minimum atomic E-state index is -0.139. The Morgan fingerprint density at radius 3 is 3.00 bits per heavy atom. The molecule has 1 heterocycles. The first-order chi connectivity index (χ1) is 6.65. The number of methoxy groups -OCH3 is 1. The SMILES string of the molecule is COCC(N)Cn1cccc(C)c1=O. The molecule has 0 fully saturated rings. The van der Waals surface area contributed by atoms with E-state index in [2.05, 4.69) is 0 Å². The molecule has 1 aromatic heterocycles. The van der Waals surface area contributed by atoms with Crippen LogP contribution in [0.5, 0.6) is 0 Å². The first-order valence-corrected chi connectivity index (χ1v) is 4.55. The summed E-state index contributed by atoms with van der Waals surface area (Å²) in [4.78, 5) is 11.6. The Balaban J connectivity index is 2.77. The van der Waals surface area contributed by atoms with Gasteiger partial charge in [0.15, 0.2) is 0 Å². The molecule has 1 rings (SSSR count). The lowest BCUT2D eigenvalue weighted by Crippen LogP contribution is -2.35. The Hall–Kier alpha value is -1.13. The summed E-state index contributed by atoms with van der Waals surface area (Å²) >= 11 is 0. The minimum absolute atomic E-state index is 0.0130. The van der Waals surface area contributed by atoms with Gasteiger partial charge in [-0.3, -0.25) is 4.79 Å². The van der Waals surface area contributed by atoms with E-state index in [0.29, 0.717) is 13.2 Å². The molecule has 1 atom stereocenters. The van der Waals surface area contributed by atoms with Crippen molar-refractivity contribution in [1.82, 2.24) is 4.57 Å². The molecule has 1 unspecified atom stereocenters. The molecule has 4 nitrogen and oxygen atoms in total. The standard InChI is InChI=1S/C10H16N2O2/c1-8-4-3-5-12(10(8)13)6-9(11)7-14-2/h3-5,9H,6-7,11H2,1-2H3. The fourth-order valence-corrected chi connectivity index (χ4v) is 1.32. The molecule has 14 heavy (non-hydrogen) atoms.